The third kappa shape index (κ3) is 4.22. The van der Waals surface area contributed by atoms with Crippen LogP contribution in [0.15, 0.2) is 5.16 Å². The van der Waals surface area contributed by atoms with Crippen LogP contribution in [0.3, 0.4) is 0 Å². The Morgan fingerprint density at radius 2 is 2.24 bits per heavy atom. The van der Waals surface area contributed by atoms with E-state index in [2.05, 4.69) is 10.5 Å². The number of hydrogen-bond acceptors (Lipinski definition) is 4. The zero-order chi connectivity index (χ0) is 12.7. The zero-order valence-corrected chi connectivity index (χ0v) is 10.2. The lowest BCUT2D eigenvalue weighted by Crippen LogP contribution is -2.41. The van der Waals surface area contributed by atoms with Gasteiger partial charge in [-0.2, -0.15) is 0 Å². The maximum Gasteiger partial charge on any atom is 0.230 e. The predicted octanol–water partition coefficient (Wildman–Crippen LogP) is 0.302. The zero-order valence-electron chi connectivity index (χ0n) is 10.2. The summed E-state index contributed by atoms with van der Waals surface area (Å²) in [6, 6.07) is 0. The van der Waals surface area contributed by atoms with Gasteiger partial charge in [-0.25, -0.2) is 0 Å². The third-order valence-corrected chi connectivity index (χ3v) is 3.10. The summed E-state index contributed by atoms with van der Waals surface area (Å²) in [5.41, 5.74) is 5.46. The largest absolute Gasteiger partial charge is 0.409 e. The van der Waals surface area contributed by atoms with Crippen LogP contribution in [0, 0.1) is 11.8 Å². The Labute approximate surface area is 101 Å². The van der Waals surface area contributed by atoms with Gasteiger partial charge < -0.3 is 21.0 Å². The van der Waals surface area contributed by atoms with Gasteiger partial charge in [0.1, 0.15) is 0 Å². The summed E-state index contributed by atoms with van der Waals surface area (Å²) >= 11 is 0. The monoisotopic (exact) mass is 243 g/mol. The minimum absolute atomic E-state index is 0.0306. The van der Waals surface area contributed by atoms with E-state index in [1.54, 1.807) is 0 Å². The molecule has 1 atom stereocenters. The molecule has 0 aliphatic carbocycles. The number of nitrogens with one attached hydrogen (secondary N) is 1. The van der Waals surface area contributed by atoms with Crippen LogP contribution in [0.5, 0.6) is 0 Å². The lowest BCUT2D eigenvalue weighted by Gasteiger charge is -2.23. The van der Waals surface area contributed by atoms with Crippen LogP contribution in [-0.4, -0.2) is 36.7 Å². The molecule has 0 aromatic carbocycles. The smallest absolute Gasteiger partial charge is 0.230 e. The molecule has 1 unspecified atom stereocenters. The summed E-state index contributed by atoms with van der Waals surface area (Å²) in [6.45, 7) is 3.99. The number of nitrogens with zero attached hydrogens (tertiary/aromatic N) is 1. The number of carbonyl (C=O) groups is 1. The van der Waals surface area contributed by atoms with Gasteiger partial charge in [-0.3, -0.25) is 4.79 Å². The van der Waals surface area contributed by atoms with E-state index in [0.29, 0.717) is 18.9 Å². The molecule has 0 aromatic rings. The quantitative estimate of drug-likeness (QED) is 0.280. The Morgan fingerprint density at radius 3 is 2.76 bits per heavy atom. The van der Waals surface area contributed by atoms with E-state index in [1.165, 1.54) is 0 Å². The average molecular weight is 243 g/mol. The lowest BCUT2D eigenvalue weighted by atomic mass is 9.99. The molecule has 0 bridgehead atoms. The molecule has 1 aliphatic rings. The van der Waals surface area contributed by atoms with Crippen LogP contribution in [0.1, 0.15) is 26.2 Å². The molecular formula is C11H21N3O3. The highest BCUT2D eigenvalue weighted by atomic mass is 16.5. The van der Waals surface area contributed by atoms with Crippen molar-refractivity contribution in [3.05, 3.63) is 0 Å². The maximum atomic E-state index is 11.8. The molecule has 1 heterocycles. The van der Waals surface area contributed by atoms with Crippen molar-refractivity contribution in [2.45, 2.75) is 26.2 Å². The molecule has 17 heavy (non-hydrogen) atoms. The molecule has 0 radical (unpaired) electrons. The third-order valence-electron chi connectivity index (χ3n) is 3.10. The standard InChI is InChI=1S/C11H21N3O3/c1-2-9(10(12)14-16)11(15)13-7-8-3-5-17-6-4-8/h8-9,16H,2-7H2,1H3,(H2,12,14)(H,13,15). The second-order valence-electron chi connectivity index (χ2n) is 4.29. The van der Waals surface area contributed by atoms with Gasteiger partial charge in [-0.1, -0.05) is 12.1 Å². The molecule has 1 amide bonds. The van der Waals surface area contributed by atoms with Crippen LogP contribution >= 0.6 is 0 Å². The minimum Gasteiger partial charge on any atom is -0.409 e. The van der Waals surface area contributed by atoms with Gasteiger partial charge in [-0.15, -0.1) is 0 Å². The summed E-state index contributed by atoms with van der Waals surface area (Å²) in [4.78, 5) is 11.8. The molecule has 1 fully saturated rings. The predicted molar refractivity (Wildman–Crippen MR) is 63.7 cm³/mol. The Kier molecular flexibility index (Phi) is 5.76. The number of ether oxygens (including phenoxy) is 1. The van der Waals surface area contributed by atoms with Crippen LogP contribution in [0.4, 0.5) is 0 Å². The van der Waals surface area contributed by atoms with Gasteiger partial charge in [-0.05, 0) is 25.2 Å². The molecule has 6 heteroatoms. The number of rotatable bonds is 5. The van der Waals surface area contributed by atoms with E-state index in [0.717, 1.165) is 26.1 Å². The number of carbonyl (C=O) groups excluding carboxylic acids is 1. The maximum absolute atomic E-state index is 11.8. The molecule has 0 aromatic heterocycles. The topological polar surface area (TPSA) is 96.9 Å². The summed E-state index contributed by atoms with van der Waals surface area (Å²) in [7, 11) is 0. The summed E-state index contributed by atoms with van der Waals surface area (Å²) in [6.07, 6.45) is 2.47. The van der Waals surface area contributed by atoms with Crippen LogP contribution < -0.4 is 11.1 Å². The first-order valence-corrected chi connectivity index (χ1v) is 6.01. The highest BCUT2D eigenvalue weighted by Crippen LogP contribution is 2.13. The Hall–Kier alpha value is -1.30. The molecular weight excluding hydrogens is 222 g/mol. The summed E-state index contributed by atoms with van der Waals surface area (Å²) in [5.74, 6) is -0.274. The molecule has 98 valence electrons. The average Bonchev–Trinajstić information content (AvgIpc) is 2.38. The van der Waals surface area contributed by atoms with Gasteiger partial charge >= 0.3 is 0 Å². The van der Waals surface area contributed by atoms with Crippen molar-refractivity contribution in [3.63, 3.8) is 0 Å². The van der Waals surface area contributed by atoms with Crippen molar-refractivity contribution in [2.24, 2.45) is 22.7 Å². The molecule has 4 N–H and O–H groups in total. The Balaban J connectivity index is 2.36. The van der Waals surface area contributed by atoms with Crippen molar-refractivity contribution in [3.8, 4) is 0 Å². The molecule has 1 rings (SSSR count). The second kappa shape index (κ2) is 7.11. The molecule has 0 spiro atoms. The van der Waals surface area contributed by atoms with Gasteiger partial charge in [0, 0.05) is 19.8 Å². The van der Waals surface area contributed by atoms with E-state index in [4.69, 9.17) is 15.7 Å². The normalized spacial score (nSPS) is 19.9. The fourth-order valence-electron chi connectivity index (χ4n) is 1.92. The van der Waals surface area contributed by atoms with Crippen molar-refractivity contribution < 1.29 is 14.7 Å². The van der Waals surface area contributed by atoms with Crippen molar-refractivity contribution in [1.82, 2.24) is 5.32 Å². The fraction of sp³-hybridized carbons (Fsp3) is 0.818. The van der Waals surface area contributed by atoms with Crippen molar-refractivity contribution >= 4 is 11.7 Å². The molecule has 1 saturated heterocycles. The summed E-state index contributed by atoms with van der Waals surface area (Å²) < 4.78 is 5.25. The lowest BCUT2D eigenvalue weighted by molar-refractivity contribution is -0.123. The van der Waals surface area contributed by atoms with Crippen LogP contribution in [-0.2, 0) is 9.53 Å². The highest BCUT2D eigenvalue weighted by molar-refractivity contribution is 6.01. The van der Waals surface area contributed by atoms with E-state index in [9.17, 15) is 4.79 Å². The number of amides is 1. The first-order chi connectivity index (χ1) is 8.19. The van der Waals surface area contributed by atoms with Gasteiger partial charge in [0.05, 0.1) is 5.92 Å². The van der Waals surface area contributed by atoms with Gasteiger partial charge in [0.15, 0.2) is 5.84 Å². The van der Waals surface area contributed by atoms with Crippen molar-refractivity contribution in [1.29, 1.82) is 0 Å². The number of hydrogen-bond donors (Lipinski definition) is 3. The van der Waals surface area contributed by atoms with Gasteiger partial charge in [0.2, 0.25) is 5.91 Å². The highest BCUT2D eigenvalue weighted by Gasteiger charge is 2.22. The van der Waals surface area contributed by atoms with E-state index in [1.807, 2.05) is 6.92 Å². The SMILES string of the molecule is CCC(C(=O)NCC1CCOCC1)/C(N)=N/O. The number of amidine groups is 1. The van der Waals surface area contributed by atoms with Crippen LogP contribution in [0.25, 0.3) is 0 Å². The van der Waals surface area contributed by atoms with Gasteiger partial charge in [0.25, 0.3) is 0 Å². The second-order valence-corrected chi connectivity index (χ2v) is 4.29. The minimum atomic E-state index is -0.542. The number of oxime groups is 1. The van der Waals surface area contributed by atoms with Crippen LogP contribution in [0.2, 0.25) is 0 Å². The summed E-state index contributed by atoms with van der Waals surface area (Å²) in [5, 5.41) is 14.3. The van der Waals surface area contributed by atoms with E-state index in [-0.39, 0.29) is 11.7 Å². The Morgan fingerprint density at radius 1 is 1.59 bits per heavy atom. The number of nitrogens with two attached hydrogens (primary N) is 1. The fourth-order valence-corrected chi connectivity index (χ4v) is 1.92. The molecule has 0 saturated carbocycles. The Bertz CT molecular complexity index is 275. The van der Waals surface area contributed by atoms with Crippen molar-refractivity contribution in [2.75, 3.05) is 19.8 Å². The molecule has 6 nitrogen and oxygen atoms in total. The van der Waals surface area contributed by atoms with E-state index < -0.39 is 5.92 Å². The first kappa shape index (κ1) is 13.8. The molecule has 1 aliphatic heterocycles. The van der Waals surface area contributed by atoms with E-state index >= 15 is 0 Å². The first-order valence-electron chi connectivity index (χ1n) is 6.01.